The van der Waals surface area contributed by atoms with Crippen molar-refractivity contribution in [3.63, 3.8) is 0 Å². The van der Waals surface area contributed by atoms with Crippen LogP contribution in [-0.4, -0.2) is 198 Å². The standard InChI is InChI=1S/C62H86N12O12.C2HF3O2/c1-5-45(63-3)55(79)71-53-41(37-75)25-27-43-29-31-47(73(43)61(53)85)57(81)69-51(39-19-13-11-14-20-39)59(83)67-35-33-65-49(77)23-17-9-7-8-10-18-24-50(78)66-34-36-68-60(84)52(40-21-15-12-16-22-40)70-58(82)48-32-30-44-28-26-42(38-76)54(62(86)74(44)48)72-56(80)46(6-2)64-4;3-2(4,5)1(6)7/h11-16,19-22,41-48,51-54,63-64,75-76H,5-6,17-18,23-38H2,1-4H3,(H,65,77)(H,66,78)(H,67,83)(H,68,84)(H,69,81)(H,70,82)(H,71,79)(H,72,80);(H,6,7)/t41-,42-,43+,44+,45+,46+,47+,48+,51+,52+,53+,54+;/m1./s1. The molecule has 0 saturated carbocycles. The fourth-order valence-electron chi connectivity index (χ4n) is 11.8. The number of nitrogens with zero attached hydrogens (tertiary/aromatic N) is 2. The molecular weight excluding hydrogens is 1220 g/mol. The van der Waals surface area contributed by atoms with E-state index >= 15 is 0 Å². The Kier molecular flexibility index (Phi) is 30.5. The third kappa shape index (κ3) is 22.0. The summed E-state index contributed by atoms with van der Waals surface area (Å²) in [7, 11) is 3.30. The number of hydrogen-bond acceptors (Lipinski definition) is 15. The average Bonchev–Trinajstić information content (AvgIpc) is 1.66. The Morgan fingerprint density at radius 2 is 0.882 bits per heavy atom. The second-order valence-electron chi connectivity index (χ2n) is 22.9. The van der Waals surface area contributed by atoms with E-state index < -0.39 is 108 Å². The van der Waals surface area contributed by atoms with Gasteiger partial charge in [-0.2, -0.15) is 13.2 Å². The number of benzene rings is 2. The van der Waals surface area contributed by atoms with Gasteiger partial charge in [0.15, 0.2) is 0 Å². The molecule has 4 aliphatic rings. The first kappa shape index (κ1) is 75.1. The van der Waals surface area contributed by atoms with E-state index in [1.54, 1.807) is 74.8 Å². The largest absolute Gasteiger partial charge is 0.490 e. The number of carboxylic acids is 1. The number of amides is 10. The van der Waals surface area contributed by atoms with E-state index in [2.05, 4.69) is 76.8 Å². The Balaban J connectivity index is 0.00000211. The van der Waals surface area contributed by atoms with E-state index in [0.717, 1.165) is 0 Å². The molecule has 508 valence electrons. The van der Waals surface area contributed by atoms with Crippen molar-refractivity contribution in [1.29, 1.82) is 0 Å². The van der Waals surface area contributed by atoms with E-state index in [0.29, 0.717) is 75.3 Å². The highest BCUT2D eigenvalue weighted by molar-refractivity contribution is 5.97. The van der Waals surface area contributed by atoms with Crippen LogP contribution >= 0.6 is 0 Å². The number of alkyl halides is 3. The summed E-state index contributed by atoms with van der Waals surface area (Å²) in [6.07, 6.45) is 0.252. The molecule has 0 unspecified atom stereocenters. The highest BCUT2D eigenvalue weighted by atomic mass is 19.4. The summed E-state index contributed by atoms with van der Waals surface area (Å²) in [5.41, 5.74) is 1.01. The Hall–Kier alpha value is -8.64. The van der Waals surface area contributed by atoms with Crippen LogP contribution in [0.4, 0.5) is 13.2 Å². The molecule has 10 amide bonds. The van der Waals surface area contributed by atoms with Crippen LogP contribution in [-0.2, 0) is 52.7 Å². The van der Waals surface area contributed by atoms with Crippen LogP contribution in [0.2, 0.25) is 0 Å². The van der Waals surface area contributed by atoms with Crippen molar-refractivity contribution >= 4 is 65.0 Å². The number of carbonyl (C=O) groups is 11. The molecule has 4 aliphatic heterocycles. The van der Waals surface area contributed by atoms with Gasteiger partial charge < -0.3 is 78.3 Å². The molecule has 13 N–H and O–H groups in total. The second-order valence-corrected chi connectivity index (χ2v) is 22.9. The number of aliphatic hydroxyl groups is 2. The van der Waals surface area contributed by atoms with Crippen LogP contribution in [0, 0.1) is 35.5 Å². The van der Waals surface area contributed by atoms with Crippen LogP contribution in [0.3, 0.4) is 0 Å². The van der Waals surface area contributed by atoms with Crippen LogP contribution in [0.15, 0.2) is 60.7 Å². The molecular formula is C64H87F3N12O14. The molecule has 0 spiro atoms. The summed E-state index contributed by atoms with van der Waals surface area (Å²) < 4.78 is 31.7. The van der Waals surface area contributed by atoms with Gasteiger partial charge in [0.05, 0.1) is 12.1 Å². The van der Waals surface area contributed by atoms with Gasteiger partial charge in [0.2, 0.25) is 59.1 Å². The van der Waals surface area contributed by atoms with E-state index in [-0.39, 0.29) is 101 Å². The summed E-state index contributed by atoms with van der Waals surface area (Å²) in [6.45, 7) is 3.33. The Morgan fingerprint density at radius 1 is 0.538 bits per heavy atom. The number of fused-ring (bicyclic) bond motifs is 2. The second kappa shape index (κ2) is 37.8. The highest BCUT2D eigenvalue weighted by Gasteiger charge is 2.50. The van der Waals surface area contributed by atoms with Crippen LogP contribution in [0.25, 0.3) is 0 Å². The normalized spacial score (nSPS) is 21.9. The number of aliphatic hydroxyl groups excluding tert-OH is 2. The molecule has 93 heavy (non-hydrogen) atoms. The zero-order valence-corrected chi connectivity index (χ0v) is 52.7. The number of nitrogens with one attached hydrogen (secondary N) is 10. The summed E-state index contributed by atoms with van der Waals surface area (Å²) >= 11 is 0. The molecule has 0 aromatic heterocycles. The van der Waals surface area contributed by atoms with Gasteiger partial charge in [-0.15, -0.1) is 0 Å². The molecule has 2 aromatic rings. The lowest BCUT2D eigenvalue weighted by Crippen LogP contribution is -2.59. The quantitative estimate of drug-likeness (QED) is 0.0389. The summed E-state index contributed by atoms with van der Waals surface area (Å²) in [4.78, 5) is 147. The average molecular weight is 1310 g/mol. The van der Waals surface area contributed by atoms with Gasteiger partial charge in [0.1, 0.15) is 36.3 Å². The SMILES string of the molecule is CC[C@H](NC)C(=O)N[C@@H]1C(=O)N2[C@@H](CC[C@@H]1CO)CC[C@H]2C(=O)N[C@H](C(=O)NCCNC(=O)CCC#CC#CCCC(=O)NCCNC(=O)[C@@H](NC(=O)[C@@H]1CC[C@@H]2CC[C@H](CO)[C@H](NC(=O)[C@H](CC)NC)C(=O)N21)c1ccccc1)c1ccccc1.O=C(O)C(F)(F)F. The number of hydrogen-bond donors (Lipinski definition) is 13. The van der Waals surface area contributed by atoms with Gasteiger partial charge in [-0.25, -0.2) is 4.79 Å². The molecule has 2 aromatic carbocycles. The molecule has 26 nitrogen and oxygen atoms in total. The van der Waals surface area contributed by atoms with Crippen molar-refractivity contribution in [1.82, 2.24) is 63.0 Å². The Labute approximate surface area is 538 Å². The fraction of sp³-hybridized carbons (Fsp3) is 0.578. The molecule has 4 heterocycles. The van der Waals surface area contributed by atoms with Gasteiger partial charge in [-0.3, -0.25) is 47.9 Å². The number of rotatable bonds is 28. The third-order valence-corrected chi connectivity index (χ3v) is 16.8. The first-order valence-corrected chi connectivity index (χ1v) is 31.4. The van der Waals surface area contributed by atoms with Crippen LogP contribution in [0.5, 0.6) is 0 Å². The molecule has 0 aliphatic carbocycles. The van der Waals surface area contributed by atoms with Gasteiger partial charge >= 0.3 is 12.1 Å². The van der Waals surface area contributed by atoms with E-state index in [4.69, 9.17) is 9.90 Å². The number of carboxylic acid groups (broad SMARTS) is 1. The van der Waals surface area contributed by atoms with Crippen molar-refractivity contribution in [3.8, 4) is 23.7 Å². The maximum Gasteiger partial charge on any atom is 0.490 e. The zero-order valence-electron chi connectivity index (χ0n) is 52.7. The maximum absolute atomic E-state index is 14.1. The molecule has 4 fully saturated rings. The zero-order chi connectivity index (χ0) is 68.2. The van der Waals surface area contributed by atoms with Crippen molar-refractivity contribution in [3.05, 3.63) is 71.8 Å². The first-order valence-electron chi connectivity index (χ1n) is 31.4. The van der Waals surface area contributed by atoms with E-state index in [1.165, 1.54) is 9.80 Å². The minimum atomic E-state index is -5.08. The smallest absolute Gasteiger partial charge is 0.475 e. The molecule has 0 radical (unpaired) electrons. The van der Waals surface area contributed by atoms with E-state index in [1.807, 2.05) is 13.8 Å². The number of aliphatic carboxylic acids is 1. The lowest BCUT2D eigenvalue weighted by molar-refractivity contribution is -0.192. The van der Waals surface area contributed by atoms with E-state index in [9.17, 15) is 71.3 Å². The Bertz CT molecular complexity index is 2840. The summed E-state index contributed by atoms with van der Waals surface area (Å²) in [6, 6.07) is 9.56. The minimum Gasteiger partial charge on any atom is -0.475 e. The molecule has 12 atom stereocenters. The number of halogens is 3. The lowest BCUT2D eigenvalue weighted by Gasteiger charge is -2.33. The number of carbonyl (C=O) groups excluding carboxylic acids is 10. The molecule has 0 bridgehead atoms. The monoisotopic (exact) mass is 1300 g/mol. The topological polar surface area (TPSA) is 375 Å². The molecule has 6 rings (SSSR count). The minimum absolute atomic E-state index is 0.0469. The fourth-order valence-corrected chi connectivity index (χ4v) is 11.8. The van der Waals surface area contributed by atoms with Gasteiger partial charge in [0, 0.05) is 89.0 Å². The van der Waals surface area contributed by atoms with Gasteiger partial charge in [-0.05, 0) is 101 Å². The van der Waals surface area contributed by atoms with Crippen molar-refractivity contribution in [2.24, 2.45) is 11.8 Å². The number of likely N-dealkylation sites (N-methyl/N-ethyl adjacent to an activating group) is 2. The predicted molar refractivity (Wildman–Crippen MR) is 331 cm³/mol. The van der Waals surface area contributed by atoms with Crippen molar-refractivity contribution in [2.75, 3.05) is 53.5 Å². The predicted octanol–water partition coefficient (Wildman–Crippen LogP) is -0.144. The van der Waals surface area contributed by atoms with Gasteiger partial charge in [-0.1, -0.05) is 86.4 Å². The summed E-state index contributed by atoms with van der Waals surface area (Å²) in [5, 5.41) is 55.9. The molecule has 4 saturated heterocycles. The Morgan fingerprint density at radius 3 is 1.20 bits per heavy atom. The summed E-state index contributed by atoms with van der Waals surface area (Å²) in [5.74, 6) is 2.81. The van der Waals surface area contributed by atoms with Crippen molar-refractivity contribution < 1.29 is 81.2 Å². The van der Waals surface area contributed by atoms with Gasteiger partial charge in [0.25, 0.3) is 0 Å². The highest BCUT2D eigenvalue weighted by Crippen LogP contribution is 2.36. The van der Waals surface area contributed by atoms with Crippen LogP contribution < -0.4 is 53.2 Å². The lowest BCUT2D eigenvalue weighted by atomic mass is 9.93. The van der Waals surface area contributed by atoms with Crippen LogP contribution in [0.1, 0.15) is 127 Å². The maximum atomic E-state index is 14.1. The third-order valence-electron chi connectivity index (χ3n) is 16.8. The molecule has 29 heteroatoms. The first-order chi connectivity index (χ1) is 44.5. The van der Waals surface area contributed by atoms with Crippen molar-refractivity contribution in [2.45, 2.75) is 170 Å².